The number of anilines is 1. The Morgan fingerprint density at radius 2 is 2.00 bits per heavy atom. The molecule has 0 spiro atoms. The van der Waals surface area contributed by atoms with Crippen molar-refractivity contribution in [3.63, 3.8) is 0 Å². The molecule has 1 unspecified atom stereocenters. The van der Waals surface area contributed by atoms with Gasteiger partial charge in [-0.2, -0.15) is 0 Å². The number of aliphatic hydroxyl groups is 1. The van der Waals surface area contributed by atoms with Gasteiger partial charge in [0.1, 0.15) is 0 Å². The standard InChI is InChI=1S/C17H28N2O3/c1-12(2)8-16(10-20)19-17(21)18-15-7-5-6-14(9-15)11-22-13(3)4/h5-7,9,12-13,16,20H,8,10-11H2,1-4H3,(H2,18,19,21). The van der Waals surface area contributed by atoms with E-state index >= 15 is 0 Å². The van der Waals surface area contributed by atoms with Crippen LogP contribution >= 0.6 is 0 Å². The van der Waals surface area contributed by atoms with Crippen LogP contribution in [0.25, 0.3) is 0 Å². The number of urea groups is 1. The summed E-state index contributed by atoms with van der Waals surface area (Å²) in [5.74, 6) is 0.411. The molecule has 124 valence electrons. The van der Waals surface area contributed by atoms with Crippen LogP contribution in [0.4, 0.5) is 10.5 Å². The zero-order valence-electron chi connectivity index (χ0n) is 13.9. The monoisotopic (exact) mass is 308 g/mol. The molecule has 0 fully saturated rings. The van der Waals surface area contributed by atoms with E-state index in [0.717, 1.165) is 12.0 Å². The minimum atomic E-state index is -0.304. The van der Waals surface area contributed by atoms with Gasteiger partial charge in [0.05, 0.1) is 25.4 Å². The third-order valence-corrected chi connectivity index (χ3v) is 3.08. The number of ether oxygens (including phenoxy) is 1. The predicted octanol–water partition coefficient (Wildman–Crippen LogP) is 3.14. The molecule has 1 atom stereocenters. The molecular weight excluding hydrogens is 280 g/mol. The molecule has 5 heteroatoms. The van der Waals surface area contributed by atoms with Gasteiger partial charge in [0.15, 0.2) is 0 Å². The molecule has 0 radical (unpaired) electrons. The van der Waals surface area contributed by atoms with E-state index < -0.39 is 0 Å². The third-order valence-electron chi connectivity index (χ3n) is 3.08. The van der Waals surface area contributed by atoms with Gasteiger partial charge >= 0.3 is 6.03 Å². The van der Waals surface area contributed by atoms with E-state index in [4.69, 9.17) is 4.74 Å². The highest BCUT2D eigenvalue weighted by atomic mass is 16.5. The van der Waals surface area contributed by atoms with E-state index in [1.165, 1.54) is 0 Å². The van der Waals surface area contributed by atoms with Gasteiger partial charge in [0.25, 0.3) is 0 Å². The van der Waals surface area contributed by atoms with Crippen LogP contribution in [-0.2, 0) is 11.3 Å². The lowest BCUT2D eigenvalue weighted by Gasteiger charge is -2.18. The van der Waals surface area contributed by atoms with Crippen LogP contribution in [0.5, 0.6) is 0 Å². The summed E-state index contributed by atoms with van der Waals surface area (Å²) in [5, 5.41) is 14.9. The van der Waals surface area contributed by atoms with Crippen molar-refractivity contribution in [3.05, 3.63) is 29.8 Å². The molecule has 3 N–H and O–H groups in total. The summed E-state index contributed by atoms with van der Waals surface area (Å²) < 4.78 is 5.55. The van der Waals surface area contributed by atoms with Crippen molar-refractivity contribution < 1.29 is 14.6 Å². The molecule has 0 saturated carbocycles. The maximum Gasteiger partial charge on any atom is 0.319 e. The molecule has 0 heterocycles. The number of carbonyl (C=O) groups excluding carboxylic acids is 1. The number of amides is 2. The molecule has 0 aromatic heterocycles. The number of aliphatic hydroxyl groups excluding tert-OH is 1. The average Bonchev–Trinajstić information content (AvgIpc) is 2.44. The van der Waals surface area contributed by atoms with Crippen LogP contribution in [0.1, 0.15) is 39.7 Å². The number of carbonyl (C=O) groups is 1. The van der Waals surface area contributed by atoms with E-state index in [1.54, 1.807) is 0 Å². The molecule has 0 aliphatic carbocycles. The average molecular weight is 308 g/mol. The first kappa shape index (κ1) is 18.5. The van der Waals surface area contributed by atoms with Crippen LogP contribution in [-0.4, -0.2) is 29.9 Å². The highest BCUT2D eigenvalue weighted by Crippen LogP contribution is 2.12. The molecule has 5 nitrogen and oxygen atoms in total. The Bertz CT molecular complexity index is 461. The SMILES string of the molecule is CC(C)CC(CO)NC(=O)Nc1cccc(COC(C)C)c1. The summed E-state index contributed by atoms with van der Waals surface area (Å²) in [7, 11) is 0. The molecule has 0 aliphatic rings. The smallest absolute Gasteiger partial charge is 0.319 e. The van der Waals surface area contributed by atoms with Crippen LogP contribution in [0, 0.1) is 5.92 Å². The lowest BCUT2D eigenvalue weighted by atomic mass is 10.0. The van der Waals surface area contributed by atoms with Gasteiger partial charge in [0, 0.05) is 5.69 Å². The van der Waals surface area contributed by atoms with Crippen LogP contribution < -0.4 is 10.6 Å². The largest absolute Gasteiger partial charge is 0.394 e. The van der Waals surface area contributed by atoms with E-state index in [9.17, 15) is 9.90 Å². The first-order chi connectivity index (χ1) is 10.4. The third kappa shape index (κ3) is 7.43. The van der Waals surface area contributed by atoms with Gasteiger partial charge < -0.3 is 20.5 Å². The van der Waals surface area contributed by atoms with E-state index in [-0.39, 0.29) is 24.8 Å². The molecule has 1 rings (SSSR count). The minimum absolute atomic E-state index is 0.0616. The first-order valence-corrected chi connectivity index (χ1v) is 7.79. The summed E-state index contributed by atoms with van der Waals surface area (Å²) in [4.78, 5) is 12.0. The fourth-order valence-corrected chi connectivity index (χ4v) is 2.10. The lowest BCUT2D eigenvalue weighted by Crippen LogP contribution is -2.40. The van der Waals surface area contributed by atoms with Gasteiger partial charge in [-0.05, 0) is 43.9 Å². The molecule has 2 amide bonds. The highest BCUT2D eigenvalue weighted by Gasteiger charge is 2.13. The number of hydrogen-bond acceptors (Lipinski definition) is 3. The van der Waals surface area contributed by atoms with E-state index in [0.29, 0.717) is 18.2 Å². The van der Waals surface area contributed by atoms with Gasteiger partial charge in [0.2, 0.25) is 0 Å². The normalized spacial score (nSPS) is 12.5. The van der Waals surface area contributed by atoms with Gasteiger partial charge in [-0.1, -0.05) is 26.0 Å². The lowest BCUT2D eigenvalue weighted by molar-refractivity contribution is 0.0657. The summed E-state index contributed by atoms with van der Waals surface area (Å²) in [6, 6.07) is 7.02. The van der Waals surface area contributed by atoms with Crippen LogP contribution in [0.15, 0.2) is 24.3 Å². The Labute approximate surface area is 133 Å². The summed E-state index contributed by atoms with van der Waals surface area (Å²) in [5.41, 5.74) is 1.72. The number of benzene rings is 1. The second-order valence-electron chi connectivity index (χ2n) is 6.17. The van der Waals surface area contributed by atoms with Crippen molar-refractivity contribution in [3.8, 4) is 0 Å². The summed E-state index contributed by atoms with van der Waals surface area (Å²) in [6.07, 6.45) is 0.910. The Balaban J connectivity index is 2.54. The minimum Gasteiger partial charge on any atom is -0.394 e. The topological polar surface area (TPSA) is 70.6 Å². The van der Waals surface area contributed by atoms with Crippen molar-refractivity contribution in [2.45, 2.75) is 52.9 Å². The quantitative estimate of drug-likeness (QED) is 0.691. The Morgan fingerprint density at radius 1 is 1.27 bits per heavy atom. The van der Waals surface area contributed by atoms with Gasteiger partial charge in [-0.25, -0.2) is 4.79 Å². The van der Waals surface area contributed by atoms with E-state index in [2.05, 4.69) is 24.5 Å². The Hall–Kier alpha value is -1.59. The summed E-state index contributed by atoms with van der Waals surface area (Å²) in [6.45, 7) is 8.54. The van der Waals surface area contributed by atoms with Crippen molar-refractivity contribution in [1.29, 1.82) is 0 Å². The maximum atomic E-state index is 12.0. The molecule has 22 heavy (non-hydrogen) atoms. The van der Waals surface area contributed by atoms with Crippen LogP contribution in [0.3, 0.4) is 0 Å². The molecule has 0 aliphatic heterocycles. The predicted molar refractivity (Wildman–Crippen MR) is 88.9 cm³/mol. The Morgan fingerprint density at radius 3 is 2.59 bits per heavy atom. The van der Waals surface area contributed by atoms with Gasteiger partial charge in [-0.3, -0.25) is 0 Å². The molecule has 0 saturated heterocycles. The number of rotatable bonds is 8. The second kappa shape index (κ2) is 9.43. The number of hydrogen-bond donors (Lipinski definition) is 3. The first-order valence-electron chi connectivity index (χ1n) is 7.79. The van der Waals surface area contributed by atoms with E-state index in [1.807, 2.05) is 38.1 Å². The highest BCUT2D eigenvalue weighted by molar-refractivity contribution is 5.89. The zero-order valence-corrected chi connectivity index (χ0v) is 13.9. The van der Waals surface area contributed by atoms with Crippen molar-refractivity contribution >= 4 is 11.7 Å². The molecule has 1 aromatic rings. The molecule has 1 aromatic carbocycles. The Kier molecular flexibility index (Phi) is 7.91. The number of nitrogens with one attached hydrogen (secondary N) is 2. The van der Waals surface area contributed by atoms with Crippen molar-refractivity contribution in [2.24, 2.45) is 5.92 Å². The molecular formula is C17H28N2O3. The maximum absolute atomic E-state index is 12.0. The fourth-order valence-electron chi connectivity index (χ4n) is 2.10. The van der Waals surface area contributed by atoms with Crippen molar-refractivity contribution in [2.75, 3.05) is 11.9 Å². The second-order valence-corrected chi connectivity index (χ2v) is 6.17. The van der Waals surface area contributed by atoms with Crippen molar-refractivity contribution in [1.82, 2.24) is 5.32 Å². The van der Waals surface area contributed by atoms with Gasteiger partial charge in [-0.15, -0.1) is 0 Å². The summed E-state index contributed by atoms with van der Waals surface area (Å²) >= 11 is 0. The fraction of sp³-hybridized carbons (Fsp3) is 0.588. The molecule has 0 bridgehead atoms. The zero-order chi connectivity index (χ0) is 16.5. The van der Waals surface area contributed by atoms with Crippen LogP contribution in [0.2, 0.25) is 0 Å².